The van der Waals surface area contributed by atoms with E-state index in [1.807, 2.05) is 45.9 Å². The molecule has 2 N–H and O–H groups in total. The fourth-order valence-electron chi connectivity index (χ4n) is 4.51. The number of imidazole rings is 1. The molecule has 4 rings (SSSR count). The summed E-state index contributed by atoms with van der Waals surface area (Å²) in [6, 6.07) is 5.64. The Hall–Kier alpha value is -3.20. The van der Waals surface area contributed by atoms with Crippen molar-refractivity contribution in [3.8, 4) is 0 Å². The summed E-state index contributed by atoms with van der Waals surface area (Å²) in [4.78, 5) is 46.0. The molecule has 2 heterocycles. The largest absolute Gasteiger partial charge is 0.379 e. The fourth-order valence-corrected chi connectivity index (χ4v) is 4.51. The van der Waals surface area contributed by atoms with Crippen LogP contribution in [-0.2, 0) is 16.1 Å². The minimum Gasteiger partial charge on any atom is -0.379 e. The molecule has 0 bridgehead atoms. The lowest BCUT2D eigenvalue weighted by Crippen LogP contribution is -2.64. The van der Waals surface area contributed by atoms with E-state index in [2.05, 4.69) is 15.6 Å². The number of fused-ring (bicyclic) bond motifs is 1. The number of carbonyl (C=O) groups is 3. The molecule has 1 atom stereocenters. The predicted octanol–water partition coefficient (Wildman–Crippen LogP) is 3.06. The quantitative estimate of drug-likeness (QED) is 0.536. The number of carbonyl (C=O) groups excluding carboxylic acids is 3. The van der Waals surface area contributed by atoms with Crippen LogP contribution in [0.3, 0.4) is 0 Å². The molecule has 188 valence electrons. The van der Waals surface area contributed by atoms with Crippen LogP contribution < -0.4 is 10.6 Å². The highest BCUT2D eigenvalue weighted by Crippen LogP contribution is 2.39. The van der Waals surface area contributed by atoms with E-state index >= 15 is 0 Å². The van der Waals surface area contributed by atoms with Gasteiger partial charge in [-0.15, -0.1) is 0 Å². The number of anilines is 1. The lowest BCUT2D eigenvalue weighted by atomic mass is 9.94. The van der Waals surface area contributed by atoms with E-state index in [-0.39, 0.29) is 41.9 Å². The van der Waals surface area contributed by atoms with Gasteiger partial charge in [0, 0.05) is 24.9 Å². The molecule has 0 spiro atoms. The second-order valence-electron chi connectivity index (χ2n) is 10.0. The zero-order chi connectivity index (χ0) is 25.3. The van der Waals surface area contributed by atoms with Gasteiger partial charge < -0.3 is 24.8 Å². The van der Waals surface area contributed by atoms with Crippen molar-refractivity contribution >= 4 is 23.4 Å². The number of rotatable bonds is 9. The van der Waals surface area contributed by atoms with Crippen LogP contribution in [0.1, 0.15) is 72.1 Å². The number of aromatic nitrogens is 2. The molecule has 9 nitrogen and oxygen atoms in total. The van der Waals surface area contributed by atoms with Crippen molar-refractivity contribution < 1.29 is 19.1 Å². The van der Waals surface area contributed by atoms with Gasteiger partial charge in [0.15, 0.2) is 5.69 Å². The van der Waals surface area contributed by atoms with Crippen molar-refractivity contribution in [3.63, 3.8) is 0 Å². The standard InChI is InChI=1S/C26H35N5O4/c1-16(2)35-12-6-11-27-25(34)26(5)14-30-15-28-21(22(30)24(33)31(26)20-9-10-20)23(32)29-19-8-7-17(3)18(4)13-19/h7-8,13,15-16,20H,6,9-12,14H2,1-5H3,(H,27,34)(H,29,32). The van der Waals surface area contributed by atoms with Crippen LogP contribution in [0.5, 0.6) is 0 Å². The second-order valence-corrected chi connectivity index (χ2v) is 10.0. The molecule has 2 aromatic rings. The van der Waals surface area contributed by atoms with Crippen molar-refractivity contribution in [2.75, 3.05) is 18.5 Å². The topological polar surface area (TPSA) is 106 Å². The lowest BCUT2D eigenvalue weighted by molar-refractivity contribution is -0.133. The Bertz CT molecular complexity index is 1140. The SMILES string of the molecule is Cc1ccc(NC(=O)c2ncn3c2C(=O)N(C2CC2)C(C)(C(=O)NCCCOC(C)C)C3)cc1C. The van der Waals surface area contributed by atoms with Crippen LogP contribution in [0.2, 0.25) is 0 Å². The Morgan fingerprint density at radius 1 is 1.23 bits per heavy atom. The number of hydrogen-bond donors (Lipinski definition) is 2. The first-order valence-electron chi connectivity index (χ1n) is 12.3. The number of benzene rings is 1. The molecule has 1 unspecified atom stereocenters. The molecule has 1 saturated carbocycles. The van der Waals surface area contributed by atoms with Gasteiger partial charge in [0.1, 0.15) is 11.2 Å². The van der Waals surface area contributed by atoms with Gasteiger partial charge in [-0.25, -0.2) is 4.98 Å². The van der Waals surface area contributed by atoms with E-state index < -0.39 is 11.4 Å². The van der Waals surface area contributed by atoms with Gasteiger partial charge in [0.25, 0.3) is 11.8 Å². The van der Waals surface area contributed by atoms with E-state index in [4.69, 9.17) is 4.74 Å². The minimum absolute atomic E-state index is 0.0122. The van der Waals surface area contributed by atoms with Crippen molar-refractivity contribution in [1.82, 2.24) is 19.8 Å². The highest BCUT2D eigenvalue weighted by Gasteiger charge is 2.53. The molecule has 2 aliphatic rings. The Morgan fingerprint density at radius 2 is 1.97 bits per heavy atom. The molecule has 1 aliphatic heterocycles. The zero-order valence-electron chi connectivity index (χ0n) is 21.2. The van der Waals surface area contributed by atoms with Gasteiger partial charge in [-0.05, 0) is 77.1 Å². The molecule has 1 aliphatic carbocycles. The molecule has 1 aromatic carbocycles. The number of hydrogen-bond acceptors (Lipinski definition) is 5. The maximum atomic E-state index is 13.7. The molecular weight excluding hydrogens is 446 g/mol. The first kappa shape index (κ1) is 24.9. The summed E-state index contributed by atoms with van der Waals surface area (Å²) in [5, 5.41) is 5.83. The van der Waals surface area contributed by atoms with Crippen molar-refractivity contribution in [2.45, 2.75) is 78.1 Å². The van der Waals surface area contributed by atoms with Crippen molar-refractivity contribution in [3.05, 3.63) is 47.0 Å². The van der Waals surface area contributed by atoms with Gasteiger partial charge >= 0.3 is 0 Å². The lowest BCUT2D eigenvalue weighted by Gasteiger charge is -2.44. The summed E-state index contributed by atoms with van der Waals surface area (Å²) < 4.78 is 7.18. The first-order valence-corrected chi connectivity index (χ1v) is 12.3. The molecule has 0 radical (unpaired) electrons. The maximum absolute atomic E-state index is 13.7. The third kappa shape index (κ3) is 5.10. The molecule has 3 amide bonds. The van der Waals surface area contributed by atoms with Crippen LogP contribution in [0.25, 0.3) is 0 Å². The second kappa shape index (κ2) is 9.81. The Kier molecular flexibility index (Phi) is 6.98. The molecule has 35 heavy (non-hydrogen) atoms. The number of nitrogens with zero attached hydrogens (tertiary/aromatic N) is 3. The number of nitrogens with one attached hydrogen (secondary N) is 2. The molecular formula is C26H35N5O4. The van der Waals surface area contributed by atoms with Crippen LogP contribution in [0, 0.1) is 13.8 Å². The minimum atomic E-state index is -1.06. The highest BCUT2D eigenvalue weighted by atomic mass is 16.5. The van der Waals surface area contributed by atoms with Gasteiger partial charge in [-0.3, -0.25) is 14.4 Å². The molecule has 0 saturated heterocycles. The number of amides is 3. The fraction of sp³-hybridized carbons (Fsp3) is 0.538. The van der Waals surface area contributed by atoms with E-state index in [0.717, 1.165) is 24.0 Å². The van der Waals surface area contributed by atoms with Gasteiger partial charge in [0.2, 0.25) is 5.91 Å². The van der Waals surface area contributed by atoms with E-state index in [9.17, 15) is 14.4 Å². The van der Waals surface area contributed by atoms with E-state index in [1.54, 1.807) is 16.4 Å². The highest BCUT2D eigenvalue weighted by molar-refractivity contribution is 6.11. The normalized spacial score (nSPS) is 19.6. The van der Waals surface area contributed by atoms with Crippen molar-refractivity contribution in [1.29, 1.82) is 0 Å². The predicted molar refractivity (Wildman–Crippen MR) is 132 cm³/mol. The van der Waals surface area contributed by atoms with E-state index in [1.165, 1.54) is 6.33 Å². The van der Waals surface area contributed by atoms with Crippen LogP contribution in [0.4, 0.5) is 5.69 Å². The smallest absolute Gasteiger partial charge is 0.276 e. The van der Waals surface area contributed by atoms with E-state index in [0.29, 0.717) is 25.3 Å². The van der Waals surface area contributed by atoms with Crippen molar-refractivity contribution in [2.24, 2.45) is 0 Å². The summed E-state index contributed by atoms with van der Waals surface area (Å²) >= 11 is 0. The summed E-state index contributed by atoms with van der Waals surface area (Å²) in [5.74, 6) is -0.977. The third-order valence-electron chi connectivity index (χ3n) is 6.71. The monoisotopic (exact) mass is 481 g/mol. The van der Waals surface area contributed by atoms with Crippen LogP contribution in [0.15, 0.2) is 24.5 Å². The van der Waals surface area contributed by atoms with Gasteiger partial charge in [-0.2, -0.15) is 0 Å². The summed E-state index contributed by atoms with van der Waals surface area (Å²) in [5.41, 5.74) is 2.08. The number of aryl methyl sites for hydroxylation is 2. The first-order chi connectivity index (χ1) is 16.6. The average Bonchev–Trinajstić information content (AvgIpc) is 3.53. The Balaban J connectivity index is 1.53. The van der Waals surface area contributed by atoms with Gasteiger partial charge in [-0.1, -0.05) is 6.07 Å². The summed E-state index contributed by atoms with van der Waals surface area (Å²) in [6.07, 6.45) is 4.00. The molecule has 1 aromatic heterocycles. The Morgan fingerprint density at radius 3 is 2.63 bits per heavy atom. The molecule has 9 heteroatoms. The summed E-state index contributed by atoms with van der Waals surface area (Å²) in [6.45, 7) is 11.0. The Labute approximate surface area is 206 Å². The number of ether oxygens (including phenoxy) is 1. The average molecular weight is 482 g/mol. The van der Waals surface area contributed by atoms with Crippen LogP contribution in [-0.4, -0.2) is 63.0 Å². The molecule has 1 fully saturated rings. The zero-order valence-corrected chi connectivity index (χ0v) is 21.2. The maximum Gasteiger partial charge on any atom is 0.276 e. The third-order valence-corrected chi connectivity index (χ3v) is 6.71. The van der Waals surface area contributed by atoms with Crippen LogP contribution >= 0.6 is 0 Å². The van der Waals surface area contributed by atoms with Gasteiger partial charge in [0.05, 0.1) is 19.0 Å². The summed E-state index contributed by atoms with van der Waals surface area (Å²) in [7, 11) is 0.